The summed E-state index contributed by atoms with van der Waals surface area (Å²) in [7, 11) is 0. The molecule has 0 aliphatic rings. The first-order valence-corrected chi connectivity index (χ1v) is 8.18. The van der Waals surface area contributed by atoms with E-state index in [1.165, 1.54) is 5.56 Å². The lowest BCUT2D eigenvalue weighted by Gasteiger charge is -2.14. The van der Waals surface area contributed by atoms with Gasteiger partial charge in [-0.05, 0) is 41.7 Å². The fourth-order valence-corrected chi connectivity index (χ4v) is 2.91. The Labute approximate surface area is 136 Å². The summed E-state index contributed by atoms with van der Waals surface area (Å²) in [6.07, 6.45) is 2.71. The Balaban J connectivity index is 2.29. The van der Waals surface area contributed by atoms with Crippen molar-refractivity contribution in [3.8, 4) is 11.1 Å². The van der Waals surface area contributed by atoms with Gasteiger partial charge in [0, 0.05) is 23.7 Å². The highest BCUT2D eigenvalue weighted by Gasteiger charge is 2.13. The molecule has 118 valence electrons. The predicted molar refractivity (Wildman–Crippen MR) is 95.7 cm³/mol. The summed E-state index contributed by atoms with van der Waals surface area (Å²) in [5.74, 6) is 0.384. The predicted octanol–water partition coefficient (Wildman–Crippen LogP) is 4.28. The lowest BCUT2D eigenvalue weighted by molar-refractivity contribution is 0.521. The van der Waals surface area contributed by atoms with Crippen LogP contribution in [0, 0.1) is 5.92 Å². The fraction of sp³-hybridized carbons (Fsp3) is 0.300. The summed E-state index contributed by atoms with van der Waals surface area (Å²) in [5.41, 5.74) is 3.78. The van der Waals surface area contributed by atoms with Gasteiger partial charge in [-0.25, -0.2) is 4.98 Å². The first-order chi connectivity index (χ1) is 11.1. The van der Waals surface area contributed by atoms with Crippen LogP contribution in [0.25, 0.3) is 22.2 Å². The summed E-state index contributed by atoms with van der Waals surface area (Å²) >= 11 is 0. The highest BCUT2D eigenvalue weighted by atomic mass is 16.1. The van der Waals surface area contributed by atoms with Crippen LogP contribution in [0.3, 0.4) is 0 Å². The van der Waals surface area contributed by atoms with Gasteiger partial charge in [-0.3, -0.25) is 9.36 Å². The number of rotatable bonds is 4. The van der Waals surface area contributed by atoms with E-state index < -0.39 is 0 Å². The molecule has 0 atom stereocenters. The van der Waals surface area contributed by atoms with E-state index in [1.54, 1.807) is 6.20 Å². The number of aromatic nitrogens is 2. The Kier molecular flexibility index (Phi) is 4.28. The maximum absolute atomic E-state index is 13.0. The molecule has 1 aromatic carbocycles. The van der Waals surface area contributed by atoms with Crippen LogP contribution in [0.2, 0.25) is 0 Å². The number of pyridine rings is 2. The Morgan fingerprint density at radius 3 is 2.70 bits per heavy atom. The zero-order valence-corrected chi connectivity index (χ0v) is 13.9. The second kappa shape index (κ2) is 6.37. The van der Waals surface area contributed by atoms with Crippen molar-refractivity contribution in [2.45, 2.75) is 33.7 Å². The Morgan fingerprint density at radius 2 is 1.96 bits per heavy atom. The summed E-state index contributed by atoms with van der Waals surface area (Å²) < 4.78 is 1.81. The molecule has 0 fully saturated rings. The van der Waals surface area contributed by atoms with Crippen molar-refractivity contribution in [3.05, 3.63) is 64.6 Å². The van der Waals surface area contributed by atoms with Crippen molar-refractivity contribution < 1.29 is 0 Å². The van der Waals surface area contributed by atoms with Crippen molar-refractivity contribution in [2.24, 2.45) is 5.92 Å². The van der Waals surface area contributed by atoms with Gasteiger partial charge in [0.2, 0.25) is 0 Å². The zero-order chi connectivity index (χ0) is 16.4. The van der Waals surface area contributed by atoms with E-state index in [4.69, 9.17) is 0 Å². The molecular weight excluding hydrogens is 284 g/mol. The van der Waals surface area contributed by atoms with Gasteiger partial charge < -0.3 is 0 Å². The van der Waals surface area contributed by atoms with Crippen LogP contribution in [-0.4, -0.2) is 9.55 Å². The minimum Gasteiger partial charge on any atom is -0.292 e. The fourth-order valence-electron chi connectivity index (χ4n) is 2.91. The van der Waals surface area contributed by atoms with Gasteiger partial charge in [0.1, 0.15) is 5.65 Å². The van der Waals surface area contributed by atoms with Gasteiger partial charge in [-0.2, -0.15) is 0 Å². The largest absolute Gasteiger partial charge is 0.292 e. The minimum atomic E-state index is 0.0400. The third-order valence-electron chi connectivity index (χ3n) is 4.04. The van der Waals surface area contributed by atoms with E-state index >= 15 is 0 Å². The van der Waals surface area contributed by atoms with E-state index in [2.05, 4.69) is 37.9 Å². The van der Waals surface area contributed by atoms with Crippen molar-refractivity contribution >= 4 is 11.0 Å². The first-order valence-electron chi connectivity index (χ1n) is 8.18. The smallest absolute Gasteiger partial charge is 0.260 e. The van der Waals surface area contributed by atoms with Crippen LogP contribution in [0.4, 0.5) is 0 Å². The van der Waals surface area contributed by atoms with E-state index in [0.717, 1.165) is 28.6 Å². The molecule has 3 nitrogen and oxygen atoms in total. The van der Waals surface area contributed by atoms with Crippen LogP contribution in [0.1, 0.15) is 26.3 Å². The van der Waals surface area contributed by atoms with Crippen LogP contribution in [-0.2, 0) is 13.0 Å². The van der Waals surface area contributed by atoms with Crippen molar-refractivity contribution in [3.63, 3.8) is 0 Å². The minimum absolute atomic E-state index is 0.0400. The molecular formula is C20H22N2O. The molecule has 0 radical (unpaired) electrons. The highest BCUT2D eigenvalue weighted by molar-refractivity contribution is 5.81. The molecule has 3 aromatic rings. The lowest BCUT2D eigenvalue weighted by atomic mass is 10.0. The molecule has 0 amide bonds. The molecule has 0 saturated heterocycles. The summed E-state index contributed by atoms with van der Waals surface area (Å²) in [4.78, 5) is 17.5. The normalized spacial score (nSPS) is 11.3. The number of hydrogen-bond donors (Lipinski definition) is 0. The molecule has 0 N–H and O–H groups in total. The molecule has 23 heavy (non-hydrogen) atoms. The van der Waals surface area contributed by atoms with Gasteiger partial charge in [0.25, 0.3) is 5.56 Å². The van der Waals surface area contributed by atoms with Crippen molar-refractivity contribution in [2.75, 3.05) is 0 Å². The Bertz CT molecular complexity index is 894. The monoisotopic (exact) mass is 306 g/mol. The summed E-state index contributed by atoms with van der Waals surface area (Å²) in [5, 5.41) is 1.00. The number of aryl methyl sites for hydroxylation is 1. The van der Waals surface area contributed by atoms with Gasteiger partial charge in [0.05, 0.1) is 0 Å². The molecule has 3 heteroatoms. The van der Waals surface area contributed by atoms with Crippen LogP contribution >= 0.6 is 0 Å². The van der Waals surface area contributed by atoms with Crippen molar-refractivity contribution in [1.29, 1.82) is 0 Å². The maximum atomic E-state index is 13.0. The van der Waals surface area contributed by atoms with E-state index in [0.29, 0.717) is 12.5 Å². The maximum Gasteiger partial charge on any atom is 0.260 e. The van der Waals surface area contributed by atoms with Crippen LogP contribution < -0.4 is 5.56 Å². The van der Waals surface area contributed by atoms with Crippen LogP contribution in [0.15, 0.2) is 53.5 Å². The summed E-state index contributed by atoms with van der Waals surface area (Å²) in [6.45, 7) is 7.03. The second-order valence-electron chi connectivity index (χ2n) is 6.34. The molecule has 0 bridgehead atoms. The number of benzene rings is 1. The lowest BCUT2D eigenvalue weighted by Crippen LogP contribution is -2.25. The molecule has 0 aliphatic carbocycles. The van der Waals surface area contributed by atoms with Gasteiger partial charge >= 0.3 is 0 Å². The Hall–Kier alpha value is -2.42. The topological polar surface area (TPSA) is 34.9 Å². The molecule has 2 aromatic heterocycles. The van der Waals surface area contributed by atoms with E-state index in [1.807, 2.05) is 34.9 Å². The van der Waals surface area contributed by atoms with E-state index in [9.17, 15) is 4.79 Å². The van der Waals surface area contributed by atoms with Gasteiger partial charge in [0.15, 0.2) is 0 Å². The second-order valence-corrected chi connectivity index (χ2v) is 6.34. The highest BCUT2D eigenvalue weighted by Crippen LogP contribution is 2.22. The molecule has 0 aliphatic heterocycles. The third kappa shape index (κ3) is 3.04. The third-order valence-corrected chi connectivity index (χ3v) is 4.04. The zero-order valence-electron chi connectivity index (χ0n) is 13.9. The van der Waals surface area contributed by atoms with Gasteiger partial charge in [-0.15, -0.1) is 0 Å². The van der Waals surface area contributed by atoms with Gasteiger partial charge in [-0.1, -0.05) is 45.0 Å². The number of nitrogens with zero attached hydrogens (tertiary/aromatic N) is 2. The number of fused-ring (bicyclic) bond motifs is 1. The Morgan fingerprint density at radius 1 is 1.13 bits per heavy atom. The number of hydrogen-bond acceptors (Lipinski definition) is 2. The SMILES string of the molecule is CCc1cccc(-c2cc3cccnc3n(CC(C)C)c2=O)c1. The molecule has 3 rings (SSSR count). The molecule has 0 unspecified atom stereocenters. The molecule has 0 saturated carbocycles. The quantitative estimate of drug-likeness (QED) is 0.721. The summed E-state index contributed by atoms with van der Waals surface area (Å²) in [6, 6.07) is 14.1. The molecule has 0 spiro atoms. The van der Waals surface area contributed by atoms with E-state index in [-0.39, 0.29) is 5.56 Å². The van der Waals surface area contributed by atoms with Crippen molar-refractivity contribution in [1.82, 2.24) is 9.55 Å². The molecule has 2 heterocycles. The first kappa shape index (κ1) is 15.5. The van der Waals surface area contributed by atoms with Crippen LogP contribution in [0.5, 0.6) is 0 Å². The standard InChI is InChI=1S/C20H22N2O/c1-4-15-7-5-8-16(11-15)18-12-17-9-6-10-21-19(17)22(20(18)23)13-14(2)3/h5-12,14H,4,13H2,1-3H3. The average molecular weight is 306 g/mol. The average Bonchev–Trinajstić information content (AvgIpc) is 2.57.